The summed E-state index contributed by atoms with van der Waals surface area (Å²) in [6.07, 6.45) is 0.984. The van der Waals surface area contributed by atoms with E-state index in [-0.39, 0.29) is 30.6 Å². The predicted octanol–water partition coefficient (Wildman–Crippen LogP) is 2.56. The van der Waals surface area contributed by atoms with Crippen LogP contribution in [0.4, 0.5) is 4.39 Å². The SMILES string of the molecule is Cl.Cl.Fc1ccc(OCCCN2CCN(Cc3cc4n(n3)CCNC4)CC2)cc1. The Morgan fingerprint density at radius 1 is 1.00 bits per heavy atom. The molecule has 0 unspecified atom stereocenters. The Bertz CT molecular complexity index is 711. The van der Waals surface area contributed by atoms with E-state index in [4.69, 9.17) is 9.84 Å². The number of nitrogens with zero attached hydrogens (tertiary/aromatic N) is 4. The molecule has 2 aromatic rings. The Labute approximate surface area is 184 Å². The van der Waals surface area contributed by atoms with Gasteiger partial charge in [-0.3, -0.25) is 9.58 Å². The van der Waals surface area contributed by atoms with Crippen LogP contribution in [0.2, 0.25) is 0 Å². The molecule has 1 aromatic heterocycles. The van der Waals surface area contributed by atoms with Crippen LogP contribution in [0.5, 0.6) is 5.75 Å². The van der Waals surface area contributed by atoms with Crippen LogP contribution in [0, 0.1) is 5.82 Å². The van der Waals surface area contributed by atoms with E-state index in [9.17, 15) is 4.39 Å². The van der Waals surface area contributed by atoms with Crippen molar-refractivity contribution < 1.29 is 9.13 Å². The summed E-state index contributed by atoms with van der Waals surface area (Å²) in [5, 5.41) is 8.13. The summed E-state index contributed by atoms with van der Waals surface area (Å²) in [5.41, 5.74) is 2.49. The number of piperazine rings is 1. The van der Waals surface area contributed by atoms with Crippen molar-refractivity contribution in [3.05, 3.63) is 47.5 Å². The molecule has 3 heterocycles. The van der Waals surface area contributed by atoms with E-state index in [0.717, 1.165) is 71.1 Å². The predicted molar refractivity (Wildman–Crippen MR) is 117 cm³/mol. The van der Waals surface area contributed by atoms with Gasteiger partial charge in [0.05, 0.1) is 24.5 Å². The Morgan fingerprint density at radius 2 is 1.72 bits per heavy atom. The lowest BCUT2D eigenvalue weighted by molar-refractivity contribution is 0.120. The molecular weight excluding hydrogens is 416 g/mol. The molecule has 1 N–H and O–H groups in total. The molecule has 0 spiro atoms. The molecule has 9 heteroatoms. The highest BCUT2D eigenvalue weighted by Gasteiger charge is 2.19. The Balaban J connectivity index is 0.00000150. The first kappa shape index (κ1) is 23.9. The van der Waals surface area contributed by atoms with E-state index in [1.807, 2.05) is 0 Å². The first-order valence-electron chi connectivity index (χ1n) is 9.86. The van der Waals surface area contributed by atoms with E-state index < -0.39 is 0 Å². The van der Waals surface area contributed by atoms with Gasteiger partial charge in [-0.2, -0.15) is 5.10 Å². The van der Waals surface area contributed by atoms with Crippen molar-refractivity contribution in [2.45, 2.75) is 26.1 Å². The van der Waals surface area contributed by atoms with Gasteiger partial charge in [-0.1, -0.05) is 0 Å². The highest BCUT2D eigenvalue weighted by molar-refractivity contribution is 5.85. The van der Waals surface area contributed by atoms with Gasteiger partial charge >= 0.3 is 0 Å². The molecule has 0 amide bonds. The molecular formula is C20H30Cl2FN5O. The second-order valence-corrected chi connectivity index (χ2v) is 7.30. The maximum absolute atomic E-state index is 12.9. The molecule has 0 saturated carbocycles. The van der Waals surface area contributed by atoms with Crippen molar-refractivity contribution in [1.82, 2.24) is 24.9 Å². The lowest BCUT2D eigenvalue weighted by Gasteiger charge is -2.34. The summed E-state index contributed by atoms with van der Waals surface area (Å²) in [5.74, 6) is 0.506. The van der Waals surface area contributed by atoms with Crippen molar-refractivity contribution in [2.75, 3.05) is 45.9 Å². The van der Waals surface area contributed by atoms with Crippen LogP contribution >= 0.6 is 24.8 Å². The minimum atomic E-state index is -0.229. The summed E-state index contributed by atoms with van der Waals surface area (Å²) in [4.78, 5) is 4.99. The molecule has 4 rings (SSSR count). The molecule has 6 nitrogen and oxygen atoms in total. The summed E-state index contributed by atoms with van der Waals surface area (Å²) >= 11 is 0. The average Bonchev–Trinajstić information content (AvgIpc) is 3.10. The zero-order valence-corrected chi connectivity index (χ0v) is 18.2. The van der Waals surface area contributed by atoms with Gasteiger partial charge in [-0.05, 0) is 36.8 Å². The van der Waals surface area contributed by atoms with Crippen LogP contribution in [-0.2, 0) is 19.6 Å². The number of rotatable bonds is 7. The minimum absolute atomic E-state index is 0. The van der Waals surface area contributed by atoms with Crippen molar-refractivity contribution in [1.29, 1.82) is 0 Å². The van der Waals surface area contributed by atoms with Gasteiger partial charge in [0, 0.05) is 52.4 Å². The van der Waals surface area contributed by atoms with Crippen molar-refractivity contribution in [2.24, 2.45) is 0 Å². The molecule has 1 saturated heterocycles. The van der Waals surface area contributed by atoms with Gasteiger partial charge < -0.3 is 15.0 Å². The summed E-state index contributed by atoms with van der Waals surface area (Å²) in [6, 6.07) is 8.46. The lowest BCUT2D eigenvalue weighted by Crippen LogP contribution is -2.46. The Kier molecular flexibility index (Phi) is 9.65. The van der Waals surface area contributed by atoms with Gasteiger partial charge in [0.15, 0.2) is 0 Å². The number of benzene rings is 1. The number of nitrogens with one attached hydrogen (secondary N) is 1. The van der Waals surface area contributed by atoms with Crippen molar-refractivity contribution >= 4 is 24.8 Å². The number of fused-ring (bicyclic) bond motifs is 1. The molecule has 0 aliphatic carbocycles. The molecule has 0 atom stereocenters. The standard InChI is InChI=1S/C20H28FN5O.2ClH/c21-17-2-4-20(5-3-17)27-13-1-7-24-9-11-25(12-10-24)16-18-14-19-15-22-6-8-26(19)23-18;;/h2-5,14,22H,1,6-13,15-16H2;2*1H. The molecule has 2 aliphatic heterocycles. The summed E-state index contributed by atoms with van der Waals surface area (Å²) < 4.78 is 20.7. The lowest BCUT2D eigenvalue weighted by atomic mass is 10.2. The topological polar surface area (TPSA) is 45.6 Å². The normalized spacial score (nSPS) is 17.1. The fourth-order valence-electron chi connectivity index (χ4n) is 3.74. The number of ether oxygens (including phenoxy) is 1. The third-order valence-electron chi connectivity index (χ3n) is 5.27. The molecule has 1 fully saturated rings. The first-order chi connectivity index (χ1) is 13.3. The summed E-state index contributed by atoms with van der Waals surface area (Å²) in [6.45, 7) is 9.92. The second kappa shape index (κ2) is 11.7. The van der Waals surface area contributed by atoms with E-state index in [1.54, 1.807) is 12.1 Å². The average molecular weight is 446 g/mol. The van der Waals surface area contributed by atoms with E-state index in [2.05, 4.69) is 25.9 Å². The first-order valence-corrected chi connectivity index (χ1v) is 9.86. The highest BCUT2D eigenvalue weighted by Crippen LogP contribution is 2.13. The fraction of sp³-hybridized carbons (Fsp3) is 0.550. The third-order valence-corrected chi connectivity index (χ3v) is 5.27. The van der Waals surface area contributed by atoms with Crippen LogP contribution in [0.15, 0.2) is 30.3 Å². The van der Waals surface area contributed by atoms with Crippen molar-refractivity contribution in [3.8, 4) is 5.75 Å². The molecule has 2 aliphatic rings. The second-order valence-electron chi connectivity index (χ2n) is 7.30. The van der Waals surface area contributed by atoms with Gasteiger partial charge in [0.1, 0.15) is 11.6 Å². The zero-order chi connectivity index (χ0) is 18.5. The van der Waals surface area contributed by atoms with Crippen molar-refractivity contribution in [3.63, 3.8) is 0 Å². The van der Waals surface area contributed by atoms with Crippen LogP contribution < -0.4 is 10.1 Å². The molecule has 0 radical (unpaired) electrons. The highest BCUT2D eigenvalue weighted by atomic mass is 35.5. The number of hydrogen-bond acceptors (Lipinski definition) is 5. The maximum Gasteiger partial charge on any atom is 0.123 e. The monoisotopic (exact) mass is 445 g/mol. The Morgan fingerprint density at radius 3 is 2.45 bits per heavy atom. The zero-order valence-electron chi connectivity index (χ0n) is 16.6. The van der Waals surface area contributed by atoms with Crippen LogP contribution in [-0.4, -0.2) is 65.5 Å². The van der Waals surface area contributed by atoms with Crippen LogP contribution in [0.25, 0.3) is 0 Å². The van der Waals surface area contributed by atoms with Gasteiger partial charge in [0.25, 0.3) is 0 Å². The molecule has 0 bridgehead atoms. The minimum Gasteiger partial charge on any atom is -0.494 e. The smallest absolute Gasteiger partial charge is 0.123 e. The van der Waals surface area contributed by atoms with Gasteiger partial charge in [0.2, 0.25) is 0 Å². The molecule has 29 heavy (non-hydrogen) atoms. The Hall–Kier alpha value is -1.38. The maximum atomic E-state index is 12.9. The third kappa shape index (κ3) is 6.83. The van der Waals surface area contributed by atoms with Crippen LogP contribution in [0.1, 0.15) is 17.8 Å². The van der Waals surface area contributed by atoms with E-state index >= 15 is 0 Å². The largest absolute Gasteiger partial charge is 0.494 e. The van der Waals surface area contributed by atoms with E-state index in [1.165, 1.54) is 23.5 Å². The quantitative estimate of drug-likeness (QED) is 0.663. The summed E-state index contributed by atoms with van der Waals surface area (Å²) in [7, 11) is 0. The van der Waals surface area contributed by atoms with Gasteiger partial charge in [-0.15, -0.1) is 24.8 Å². The molecule has 1 aromatic carbocycles. The number of aromatic nitrogens is 2. The van der Waals surface area contributed by atoms with Gasteiger partial charge in [-0.25, -0.2) is 4.39 Å². The number of hydrogen-bond donors (Lipinski definition) is 1. The van der Waals surface area contributed by atoms with E-state index in [0.29, 0.717) is 6.61 Å². The fourth-order valence-corrected chi connectivity index (χ4v) is 3.74. The van der Waals surface area contributed by atoms with Crippen LogP contribution in [0.3, 0.4) is 0 Å². The number of halogens is 3. The molecule has 162 valence electrons.